The van der Waals surface area contributed by atoms with Crippen LogP contribution in [0.3, 0.4) is 0 Å². The van der Waals surface area contributed by atoms with E-state index >= 15 is 0 Å². The number of aryl methyl sites for hydroxylation is 1. The Hall–Kier alpha value is -0.820. The minimum Gasteiger partial charge on any atom is -0.307 e. The fraction of sp³-hybridized carbons (Fsp3) is 0.647. The summed E-state index contributed by atoms with van der Waals surface area (Å²) in [4.78, 5) is 0. The molecule has 0 radical (unpaired) electrons. The summed E-state index contributed by atoms with van der Waals surface area (Å²) in [5.41, 5.74) is 2.84. The van der Waals surface area contributed by atoms with Gasteiger partial charge in [0, 0.05) is 12.1 Å². The van der Waals surface area contributed by atoms with E-state index in [2.05, 4.69) is 57.3 Å². The molecule has 3 atom stereocenters. The SMILES string of the molecule is Cc1ccccc1[C@@H](C)NC1C(C)CCCC1C. The summed E-state index contributed by atoms with van der Waals surface area (Å²) in [6.45, 7) is 9.31. The summed E-state index contributed by atoms with van der Waals surface area (Å²) in [6.07, 6.45) is 4.16. The predicted molar refractivity (Wildman–Crippen MR) is 78.7 cm³/mol. The second-order valence-electron chi connectivity index (χ2n) is 6.16. The molecule has 0 bridgehead atoms. The van der Waals surface area contributed by atoms with Crippen LogP contribution in [-0.4, -0.2) is 6.04 Å². The molecule has 100 valence electrons. The second-order valence-corrected chi connectivity index (χ2v) is 6.16. The number of rotatable bonds is 3. The van der Waals surface area contributed by atoms with Gasteiger partial charge in [-0.05, 0) is 49.7 Å². The maximum atomic E-state index is 3.88. The summed E-state index contributed by atoms with van der Waals surface area (Å²) >= 11 is 0. The monoisotopic (exact) mass is 245 g/mol. The highest BCUT2D eigenvalue weighted by molar-refractivity contribution is 5.28. The fourth-order valence-electron chi connectivity index (χ4n) is 3.46. The Morgan fingerprint density at radius 2 is 1.72 bits per heavy atom. The van der Waals surface area contributed by atoms with Crippen LogP contribution in [-0.2, 0) is 0 Å². The smallest absolute Gasteiger partial charge is 0.0297 e. The van der Waals surface area contributed by atoms with Crippen molar-refractivity contribution in [2.24, 2.45) is 11.8 Å². The van der Waals surface area contributed by atoms with E-state index in [1.165, 1.54) is 30.4 Å². The van der Waals surface area contributed by atoms with Gasteiger partial charge in [0.2, 0.25) is 0 Å². The van der Waals surface area contributed by atoms with Gasteiger partial charge in [-0.25, -0.2) is 0 Å². The molecule has 1 saturated carbocycles. The van der Waals surface area contributed by atoms with E-state index < -0.39 is 0 Å². The Morgan fingerprint density at radius 1 is 1.11 bits per heavy atom. The van der Waals surface area contributed by atoms with E-state index in [9.17, 15) is 0 Å². The molecular formula is C17H27N. The minimum absolute atomic E-state index is 0.458. The third-order valence-electron chi connectivity index (χ3n) is 4.64. The van der Waals surface area contributed by atoms with Crippen molar-refractivity contribution >= 4 is 0 Å². The van der Waals surface area contributed by atoms with Crippen LogP contribution in [0.4, 0.5) is 0 Å². The van der Waals surface area contributed by atoms with Crippen LogP contribution in [0.15, 0.2) is 24.3 Å². The summed E-state index contributed by atoms with van der Waals surface area (Å²) < 4.78 is 0. The van der Waals surface area contributed by atoms with Gasteiger partial charge in [0.1, 0.15) is 0 Å². The normalized spacial score (nSPS) is 30.1. The van der Waals surface area contributed by atoms with Crippen LogP contribution < -0.4 is 5.32 Å². The molecule has 18 heavy (non-hydrogen) atoms. The average Bonchev–Trinajstić information content (AvgIpc) is 2.34. The van der Waals surface area contributed by atoms with Crippen molar-refractivity contribution in [2.45, 2.75) is 59.0 Å². The van der Waals surface area contributed by atoms with Crippen LogP contribution in [0.25, 0.3) is 0 Å². The zero-order valence-corrected chi connectivity index (χ0v) is 12.2. The van der Waals surface area contributed by atoms with Crippen LogP contribution in [0.5, 0.6) is 0 Å². The van der Waals surface area contributed by atoms with Crippen molar-refractivity contribution in [3.8, 4) is 0 Å². The number of benzene rings is 1. The Balaban J connectivity index is 2.06. The maximum absolute atomic E-state index is 3.88. The molecule has 1 nitrogen and oxygen atoms in total. The van der Waals surface area contributed by atoms with Crippen LogP contribution in [0.2, 0.25) is 0 Å². The fourth-order valence-corrected chi connectivity index (χ4v) is 3.46. The zero-order valence-electron chi connectivity index (χ0n) is 12.2. The van der Waals surface area contributed by atoms with Gasteiger partial charge in [0.05, 0.1) is 0 Å². The Morgan fingerprint density at radius 3 is 2.33 bits per heavy atom. The predicted octanol–water partition coefficient (Wildman–Crippen LogP) is 4.47. The standard InChI is InChI=1S/C17H27N/c1-12-8-5-6-11-16(12)15(4)18-17-13(2)9-7-10-14(17)3/h5-6,8,11,13-15,17-18H,7,9-10H2,1-4H3/t13?,14?,15-,17?/m1/s1. The quantitative estimate of drug-likeness (QED) is 0.828. The maximum Gasteiger partial charge on any atom is 0.0297 e. The van der Waals surface area contributed by atoms with Crippen LogP contribution in [0.1, 0.15) is 57.2 Å². The molecule has 0 aromatic heterocycles. The average molecular weight is 245 g/mol. The molecule has 0 heterocycles. The Kier molecular flexibility index (Phi) is 4.45. The molecule has 0 amide bonds. The van der Waals surface area contributed by atoms with Gasteiger partial charge in [0.25, 0.3) is 0 Å². The third kappa shape index (κ3) is 2.95. The molecule has 1 aromatic rings. The highest BCUT2D eigenvalue weighted by atomic mass is 15.0. The highest BCUT2D eigenvalue weighted by Gasteiger charge is 2.28. The second kappa shape index (κ2) is 5.88. The van der Waals surface area contributed by atoms with Crippen molar-refractivity contribution in [1.29, 1.82) is 0 Å². The number of hydrogen-bond acceptors (Lipinski definition) is 1. The number of nitrogens with one attached hydrogen (secondary N) is 1. The highest BCUT2D eigenvalue weighted by Crippen LogP contribution is 2.31. The molecule has 1 aromatic carbocycles. The molecule has 0 spiro atoms. The number of hydrogen-bond donors (Lipinski definition) is 1. The van der Waals surface area contributed by atoms with Crippen LogP contribution in [0, 0.1) is 18.8 Å². The van der Waals surface area contributed by atoms with E-state index in [0.29, 0.717) is 12.1 Å². The van der Waals surface area contributed by atoms with Gasteiger partial charge < -0.3 is 5.32 Å². The first-order chi connectivity index (χ1) is 8.59. The van der Waals surface area contributed by atoms with Crippen molar-refractivity contribution in [3.05, 3.63) is 35.4 Å². The van der Waals surface area contributed by atoms with Gasteiger partial charge >= 0.3 is 0 Å². The van der Waals surface area contributed by atoms with Gasteiger partial charge in [-0.2, -0.15) is 0 Å². The Labute approximate surface area is 112 Å². The largest absolute Gasteiger partial charge is 0.307 e. The van der Waals surface area contributed by atoms with Crippen molar-refractivity contribution in [2.75, 3.05) is 0 Å². The van der Waals surface area contributed by atoms with E-state index in [1.807, 2.05) is 0 Å². The molecule has 1 N–H and O–H groups in total. The molecule has 2 unspecified atom stereocenters. The summed E-state index contributed by atoms with van der Waals surface area (Å²) in [6, 6.07) is 9.87. The first-order valence-corrected chi connectivity index (χ1v) is 7.41. The molecule has 1 heteroatoms. The van der Waals surface area contributed by atoms with E-state index in [-0.39, 0.29) is 0 Å². The molecule has 2 rings (SSSR count). The molecule has 0 saturated heterocycles. The van der Waals surface area contributed by atoms with Gasteiger partial charge in [-0.3, -0.25) is 0 Å². The van der Waals surface area contributed by atoms with Gasteiger partial charge in [-0.15, -0.1) is 0 Å². The molecule has 0 aliphatic heterocycles. The van der Waals surface area contributed by atoms with Gasteiger partial charge in [-0.1, -0.05) is 44.5 Å². The van der Waals surface area contributed by atoms with E-state index in [1.54, 1.807) is 0 Å². The lowest BCUT2D eigenvalue weighted by Crippen LogP contribution is -2.44. The third-order valence-corrected chi connectivity index (χ3v) is 4.64. The van der Waals surface area contributed by atoms with Crippen LogP contribution >= 0.6 is 0 Å². The van der Waals surface area contributed by atoms with Gasteiger partial charge in [0.15, 0.2) is 0 Å². The minimum atomic E-state index is 0.458. The van der Waals surface area contributed by atoms with Crippen molar-refractivity contribution in [3.63, 3.8) is 0 Å². The lowest BCUT2D eigenvalue weighted by molar-refractivity contribution is 0.196. The lowest BCUT2D eigenvalue weighted by Gasteiger charge is -2.37. The first kappa shape index (κ1) is 13.6. The molecule has 1 aliphatic carbocycles. The topological polar surface area (TPSA) is 12.0 Å². The molecule has 1 fully saturated rings. The summed E-state index contributed by atoms with van der Waals surface area (Å²) in [5, 5.41) is 3.88. The van der Waals surface area contributed by atoms with Crippen molar-refractivity contribution in [1.82, 2.24) is 5.32 Å². The molecular weight excluding hydrogens is 218 g/mol. The lowest BCUT2D eigenvalue weighted by atomic mass is 9.78. The molecule has 1 aliphatic rings. The van der Waals surface area contributed by atoms with E-state index in [4.69, 9.17) is 0 Å². The first-order valence-electron chi connectivity index (χ1n) is 7.41. The van der Waals surface area contributed by atoms with E-state index in [0.717, 1.165) is 11.8 Å². The Bertz CT molecular complexity index is 375. The zero-order chi connectivity index (χ0) is 13.1. The van der Waals surface area contributed by atoms with Crippen molar-refractivity contribution < 1.29 is 0 Å². The summed E-state index contributed by atoms with van der Waals surface area (Å²) in [5.74, 6) is 1.61. The summed E-state index contributed by atoms with van der Waals surface area (Å²) in [7, 11) is 0.